The van der Waals surface area contributed by atoms with Gasteiger partial charge in [0, 0.05) is 6.20 Å². The molecule has 0 heterocycles. The predicted octanol–water partition coefficient (Wildman–Crippen LogP) is 4.04. The Morgan fingerprint density at radius 1 is 1.00 bits per heavy atom. The van der Waals surface area contributed by atoms with Crippen LogP contribution in [0.15, 0.2) is 22.5 Å². The number of azo groups is 1. The molecular weight excluding hydrogens is 148 g/mol. The fraction of sp³-hybridized carbons (Fsp3) is 0.800. The molecule has 0 aliphatic carbocycles. The van der Waals surface area contributed by atoms with E-state index in [0.29, 0.717) is 12.0 Å². The standard InChI is InChI=1S/C8H16N2.C2H6/c1-7(2)5-6-9-10-8(3)4;1-2/h5-8H,1-4H3;1-2H3/b6-5-,10-9?;. The maximum atomic E-state index is 3.93. The second-order valence-corrected chi connectivity index (χ2v) is 2.91. The minimum atomic E-state index is 0.303. The molecule has 0 rings (SSSR count). The Hall–Kier alpha value is -0.660. The first kappa shape index (κ1) is 13.9. The van der Waals surface area contributed by atoms with Crippen LogP contribution in [0.5, 0.6) is 0 Å². The normalized spacial score (nSPS) is 11.3. The molecule has 0 unspecified atom stereocenters. The number of hydrogen-bond acceptors (Lipinski definition) is 2. The summed E-state index contributed by atoms with van der Waals surface area (Å²) in [5.41, 5.74) is 0. The first-order valence-corrected chi connectivity index (χ1v) is 4.69. The van der Waals surface area contributed by atoms with Crippen molar-refractivity contribution in [1.29, 1.82) is 0 Å². The van der Waals surface area contributed by atoms with Crippen LogP contribution in [0, 0.1) is 5.92 Å². The van der Waals surface area contributed by atoms with Crippen molar-refractivity contribution in [2.45, 2.75) is 47.6 Å². The van der Waals surface area contributed by atoms with Gasteiger partial charge in [-0.1, -0.05) is 33.8 Å². The van der Waals surface area contributed by atoms with Gasteiger partial charge in [0.1, 0.15) is 0 Å². The van der Waals surface area contributed by atoms with Crippen LogP contribution in [0.2, 0.25) is 0 Å². The van der Waals surface area contributed by atoms with Crippen molar-refractivity contribution in [3.05, 3.63) is 12.3 Å². The second-order valence-electron chi connectivity index (χ2n) is 2.91. The third-order valence-electron chi connectivity index (χ3n) is 0.835. The summed E-state index contributed by atoms with van der Waals surface area (Å²) in [7, 11) is 0. The zero-order valence-electron chi connectivity index (χ0n) is 9.20. The average Bonchev–Trinajstić information content (AvgIpc) is 2.02. The summed E-state index contributed by atoms with van der Waals surface area (Å²) in [6.45, 7) is 12.2. The Balaban J connectivity index is 0. The van der Waals surface area contributed by atoms with Crippen molar-refractivity contribution in [3.63, 3.8) is 0 Å². The molecule has 0 aromatic rings. The third-order valence-corrected chi connectivity index (χ3v) is 0.835. The van der Waals surface area contributed by atoms with Gasteiger partial charge in [-0.3, -0.25) is 0 Å². The highest BCUT2D eigenvalue weighted by molar-refractivity contribution is 4.81. The van der Waals surface area contributed by atoms with Gasteiger partial charge in [-0.25, -0.2) is 0 Å². The molecule has 0 N–H and O–H groups in total. The van der Waals surface area contributed by atoms with E-state index in [2.05, 4.69) is 24.1 Å². The molecule has 0 atom stereocenters. The first-order valence-electron chi connectivity index (χ1n) is 4.69. The molecular formula is C10H22N2. The largest absolute Gasteiger partial charge is 0.187 e. The van der Waals surface area contributed by atoms with Crippen LogP contribution in [-0.2, 0) is 0 Å². The molecule has 2 nitrogen and oxygen atoms in total. The summed E-state index contributed by atoms with van der Waals surface area (Å²) < 4.78 is 0. The first-order chi connectivity index (χ1) is 5.63. The Bertz CT molecular complexity index is 108. The summed E-state index contributed by atoms with van der Waals surface area (Å²) >= 11 is 0. The molecule has 0 saturated heterocycles. The van der Waals surface area contributed by atoms with Gasteiger partial charge in [0.2, 0.25) is 0 Å². The zero-order chi connectivity index (χ0) is 9.98. The number of allylic oxidation sites excluding steroid dienone is 1. The van der Waals surface area contributed by atoms with Crippen molar-refractivity contribution in [1.82, 2.24) is 0 Å². The second kappa shape index (κ2) is 10.3. The topological polar surface area (TPSA) is 24.7 Å². The van der Waals surface area contributed by atoms with E-state index in [-0.39, 0.29) is 0 Å². The SMILES string of the molecule is CC.CC(C)/C=C\N=NC(C)C. The van der Waals surface area contributed by atoms with E-state index in [4.69, 9.17) is 0 Å². The summed E-state index contributed by atoms with van der Waals surface area (Å²) in [6.07, 6.45) is 3.77. The van der Waals surface area contributed by atoms with Gasteiger partial charge in [-0.15, -0.1) is 0 Å². The molecule has 0 aromatic carbocycles. The molecule has 0 bridgehead atoms. The van der Waals surface area contributed by atoms with Crippen molar-refractivity contribution in [2.24, 2.45) is 16.1 Å². The average molecular weight is 170 g/mol. The summed E-state index contributed by atoms with van der Waals surface area (Å²) in [5, 5.41) is 7.79. The van der Waals surface area contributed by atoms with Gasteiger partial charge in [0.25, 0.3) is 0 Å². The minimum absolute atomic E-state index is 0.303. The van der Waals surface area contributed by atoms with Crippen LogP contribution in [0.4, 0.5) is 0 Å². The van der Waals surface area contributed by atoms with Crippen LogP contribution in [-0.4, -0.2) is 6.04 Å². The molecule has 2 heteroatoms. The fourth-order valence-electron chi connectivity index (χ4n) is 0.382. The lowest BCUT2D eigenvalue weighted by atomic mass is 10.2. The molecule has 0 saturated carbocycles. The van der Waals surface area contributed by atoms with Gasteiger partial charge in [-0.2, -0.15) is 10.2 Å². The molecule has 0 aliphatic rings. The quantitative estimate of drug-likeness (QED) is 0.571. The van der Waals surface area contributed by atoms with Crippen LogP contribution < -0.4 is 0 Å². The number of hydrogen-bond donors (Lipinski definition) is 0. The van der Waals surface area contributed by atoms with Crippen molar-refractivity contribution in [3.8, 4) is 0 Å². The summed E-state index contributed by atoms with van der Waals surface area (Å²) in [4.78, 5) is 0. The summed E-state index contributed by atoms with van der Waals surface area (Å²) in [5.74, 6) is 0.561. The molecule has 0 radical (unpaired) electrons. The lowest BCUT2D eigenvalue weighted by Crippen LogP contribution is -1.83. The molecule has 0 aromatic heterocycles. The van der Waals surface area contributed by atoms with Crippen molar-refractivity contribution in [2.75, 3.05) is 0 Å². The highest BCUT2D eigenvalue weighted by Gasteiger charge is 1.83. The minimum Gasteiger partial charge on any atom is -0.187 e. The van der Waals surface area contributed by atoms with E-state index in [1.807, 2.05) is 33.8 Å². The maximum absolute atomic E-state index is 3.93. The van der Waals surface area contributed by atoms with Crippen LogP contribution in [0.1, 0.15) is 41.5 Å². The molecule has 0 spiro atoms. The third kappa shape index (κ3) is 16.2. The van der Waals surface area contributed by atoms with E-state index < -0.39 is 0 Å². The van der Waals surface area contributed by atoms with Crippen molar-refractivity contribution >= 4 is 0 Å². The lowest BCUT2D eigenvalue weighted by Gasteiger charge is -1.90. The number of nitrogens with zero attached hydrogens (tertiary/aromatic N) is 2. The van der Waals surface area contributed by atoms with Crippen molar-refractivity contribution < 1.29 is 0 Å². The van der Waals surface area contributed by atoms with Crippen LogP contribution in [0.3, 0.4) is 0 Å². The maximum Gasteiger partial charge on any atom is 0.0656 e. The van der Waals surface area contributed by atoms with Crippen LogP contribution in [0.25, 0.3) is 0 Å². The fourth-order valence-corrected chi connectivity index (χ4v) is 0.382. The highest BCUT2D eigenvalue weighted by atomic mass is 15.1. The molecule has 0 amide bonds. The van der Waals surface area contributed by atoms with Gasteiger partial charge in [0.05, 0.1) is 6.04 Å². The predicted molar refractivity (Wildman–Crippen MR) is 55.3 cm³/mol. The Morgan fingerprint density at radius 3 is 1.83 bits per heavy atom. The van der Waals surface area contributed by atoms with E-state index in [9.17, 15) is 0 Å². The van der Waals surface area contributed by atoms with E-state index in [0.717, 1.165) is 0 Å². The zero-order valence-corrected chi connectivity index (χ0v) is 9.20. The van der Waals surface area contributed by atoms with E-state index in [1.54, 1.807) is 6.20 Å². The molecule has 72 valence electrons. The van der Waals surface area contributed by atoms with Gasteiger partial charge in [0.15, 0.2) is 0 Å². The molecule has 12 heavy (non-hydrogen) atoms. The molecule has 0 aliphatic heterocycles. The number of rotatable bonds is 3. The smallest absolute Gasteiger partial charge is 0.0656 e. The van der Waals surface area contributed by atoms with E-state index in [1.165, 1.54) is 0 Å². The van der Waals surface area contributed by atoms with Gasteiger partial charge in [-0.05, 0) is 19.8 Å². The van der Waals surface area contributed by atoms with Gasteiger partial charge >= 0.3 is 0 Å². The monoisotopic (exact) mass is 170 g/mol. The Labute approximate surface area is 76.8 Å². The van der Waals surface area contributed by atoms with Crippen LogP contribution >= 0.6 is 0 Å². The van der Waals surface area contributed by atoms with E-state index >= 15 is 0 Å². The molecule has 0 fully saturated rings. The Morgan fingerprint density at radius 2 is 1.50 bits per heavy atom. The van der Waals surface area contributed by atoms with Gasteiger partial charge < -0.3 is 0 Å². The lowest BCUT2D eigenvalue weighted by molar-refractivity contribution is 0.770. The summed E-state index contributed by atoms with van der Waals surface area (Å²) in [6, 6.07) is 0.303. The highest BCUT2D eigenvalue weighted by Crippen LogP contribution is 1.94. The Kier molecular flexibility index (Phi) is 12.0.